The average molecular weight is 284 g/mol. The molecule has 114 valence electrons. The van der Waals surface area contributed by atoms with Crippen LogP contribution in [0.5, 0.6) is 5.75 Å². The van der Waals surface area contributed by atoms with Crippen LogP contribution in [0.1, 0.15) is 63.5 Å². The molecule has 1 aromatic carbocycles. The Morgan fingerprint density at radius 3 is 2.76 bits per heavy atom. The van der Waals surface area contributed by atoms with Crippen molar-refractivity contribution in [3.63, 3.8) is 0 Å². The van der Waals surface area contributed by atoms with Crippen molar-refractivity contribution in [1.82, 2.24) is 0 Å². The summed E-state index contributed by atoms with van der Waals surface area (Å²) in [6, 6.07) is 6.26. The van der Waals surface area contributed by atoms with E-state index in [-0.39, 0.29) is 5.92 Å². The van der Waals surface area contributed by atoms with Crippen molar-refractivity contribution >= 4 is 0 Å². The molecule has 0 spiro atoms. The molecule has 1 N–H and O–H groups in total. The maximum absolute atomic E-state index is 10.5. The average Bonchev–Trinajstić information content (AvgIpc) is 2.44. The molecule has 1 aromatic rings. The highest BCUT2D eigenvalue weighted by Crippen LogP contribution is 2.42. The number of allylic oxidation sites excluding steroid dienone is 3. The molecule has 0 aromatic heterocycles. The molecule has 1 heteroatoms. The van der Waals surface area contributed by atoms with Crippen LogP contribution in [0.3, 0.4) is 0 Å². The molecule has 2 rings (SSSR count). The van der Waals surface area contributed by atoms with Crippen LogP contribution in [0.4, 0.5) is 0 Å². The zero-order valence-electron chi connectivity index (χ0n) is 13.7. The third kappa shape index (κ3) is 3.78. The second-order valence-electron chi connectivity index (χ2n) is 6.53. The van der Waals surface area contributed by atoms with Crippen molar-refractivity contribution in [2.75, 3.05) is 0 Å². The molecule has 2 unspecified atom stereocenters. The van der Waals surface area contributed by atoms with Gasteiger partial charge in [0, 0.05) is 11.5 Å². The number of benzene rings is 1. The van der Waals surface area contributed by atoms with Gasteiger partial charge in [0.15, 0.2) is 0 Å². The van der Waals surface area contributed by atoms with Crippen LogP contribution in [0.15, 0.2) is 42.0 Å². The Hall–Kier alpha value is -1.50. The summed E-state index contributed by atoms with van der Waals surface area (Å²) < 4.78 is 0. The first-order chi connectivity index (χ1) is 10.0. The molecule has 2 atom stereocenters. The Balaban J connectivity index is 2.30. The van der Waals surface area contributed by atoms with Gasteiger partial charge in [0.2, 0.25) is 0 Å². The quantitative estimate of drug-likeness (QED) is 0.682. The number of hydrogen-bond acceptors (Lipinski definition) is 1. The summed E-state index contributed by atoms with van der Waals surface area (Å²) in [6.07, 6.45) is 8.01. The molecule has 0 fully saturated rings. The molecule has 0 amide bonds. The van der Waals surface area contributed by atoms with Gasteiger partial charge in [-0.05, 0) is 57.1 Å². The number of hydrogen-bond donors (Lipinski definition) is 1. The second kappa shape index (κ2) is 6.98. The van der Waals surface area contributed by atoms with E-state index in [4.69, 9.17) is 0 Å². The Morgan fingerprint density at radius 2 is 2.14 bits per heavy atom. The highest BCUT2D eigenvalue weighted by Gasteiger charge is 2.27. The third-order valence-electron chi connectivity index (χ3n) is 4.65. The van der Waals surface area contributed by atoms with Crippen molar-refractivity contribution in [3.8, 4) is 5.75 Å². The highest BCUT2D eigenvalue weighted by molar-refractivity contribution is 5.43. The number of unbranched alkanes of at least 4 members (excludes halogenated alkanes) is 1. The molecular weight excluding hydrogens is 256 g/mol. The van der Waals surface area contributed by atoms with E-state index in [9.17, 15) is 5.11 Å². The molecule has 0 saturated heterocycles. The normalized spacial score (nSPS) is 22.0. The standard InChI is InChI=1S/C20H28O/c1-5-6-7-16-9-11-18(20(21)13-16)19-12-15(4)8-10-17(19)14(2)3/h9,11-13,17,19,21H,2,5-8,10H2,1,3-4H3. The van der Waals surface area contributed by atoms with E-state index in [1.54, 1.807) is 0 Å². The van der Waals surface area contributed by atoms with Crippen molar-refractivity contribution in [2.45, 2.75) is 58.8 Å². The Labute approximate surface area is 129 Å². The number of aryl methyl sites for hydroxylation is 1. The van der Waals surface area contributed by atoms with Crippen LogP contribution in [0, 0.1) is 5.92 Å². The fraction of sp³-hybridized carbons (Fsp3) is 0.500. The predicted molar refractivity (Wildman–Crippen MR) is 90.8 cm³/mol. The van der Waals surface area contributed by atoms with Crippen LogP contribution < -0.4 is 0 Å². The molecular formula is C20H28O. The summed E-state index contributed by atoms with van der Waals surface area (Å²) in [7, 11) is 0. The van der Waals surface area contributed by atoms with Gasteiger partial charge in [0.05, 0.1) is 0 Å². The number of rotatable bonds is 5. The van der Waals surface area contributed by atoms with Crippen molar-refractivity contribution in [2.24, 2.45) is 5.92 Å². The minimum absolute atomic E-state index is 0.275. The number of phenols is 1. The lowest BCUT2D eigenvalue weighted by atomic mass is 9.74. The number of aromatic hydroxyl groups is 1. The summed E-state index contributed by atoms with van der Waals surface area (Å²) in [5.74, 6) is 1.17. The SMILES string of the molecule is C=C(C)C1CCC(C)=CC1c1ccc(CCCC)cc1O. The van der Waals surface area contributed by atoms with Crippen LogP contribution in [-0.4, -0.2) is 5.11 Å². The molecule has 0 heterocycles. The minimum Gasteiger partial charge on any atom is -0.508 e. The zero-order valence-corrected chi connectivity index (χ0v) is 13.7. The lowest BCUT2D eigenvalue weighted by Gasteiger charge is -2.31. The summed E-state index contributed by atoms with van der Waals surface area (Å²) in [4.78, 5) is 0. The van der Waals surface area contributed by atoms with E-state index in [1.807, 2.05) is 6.07 Å². The second-order valence-corrected chi connectivity index (χ2v) is 6.53. The van der Waals surface area contributed by atoms with E-state index in [1.165, 1.54) is 29.6 Å². The molecule has 0 aliphatic heterocycles. The molecule has 0 radical (unpaired) electrons. The first kappa shape index (κ1) is 15.9. The van der Waals surface area contributed by atoms with E-state index >= 15 is 0 Å². The van der Waals surface area contributed by atoms with Gasteiger partial charge >= 0.3 is 0 Å². The Kier molecular flexibility index (Phi) is 5.27. The summed E-state index contributed by atoms with van der Waals surface area (Å²) in [5, 5.41) is 10.5. The minimum atomic E-state index is 0.275. The smallest absolute Gasteiger partial charge is 0.119 e. The summed E-state index contributed by atoms with van der Waals surface area (Å²) >= 11 is 0. The molecule has 21 heavy (non-hydrogen) atoms. The van der Waals surface area contributed by atoms with Gasteiger partial charge in [-0.1, -0.05) is 49.3 Å². The van der Waals surface area contributed by atoms with Crippen molar-refractivity contribution in [1.29, 1.82) is 0 Å². The highest BCUT2D eigenvalue weighted by atomic mass is 16.3. The van der Waals surface area contributed by atoms with E-state index in [2.05, 4.69) is 45.6 Å². The van der Waals surface area contributed by atoms with Gasteiger partial charge in [-0.2, -0.15) is 0 Å². The van der Waals surface area contributed by atoms with Crippen LogP contribution >= 0.6 is 0 Å². The maximum atomic E-state index is 10.5. The predicted octanol–water partition coefficient (Wildman–Crippen LogP) is 5.75. The molecule has 1 aliphatic carbocycles. The summed E-state index contributed by atoms with van der Waals surface area (Å²) in [6.45, 7) is 10.7. The Morgan fingerprint density at radius 1 is 1.38 bits per heavy atom. The van der Waals surface area contributed by atoms with Crippen LogP contribution in [0.2, 0.25) is 0 Å². The van der Waals surface area contributed by atoms with Gasteiger partial charge in [-0.3, -0.25) is 0 Å². The topological polar surface area (TPSA) is 20.2 Å². The van der Waals surface area contributed by atoms with Crippen molar-refractivity contribution in [3.05, 3.63) is 53.1 Å². The Bertz CT molecular complexity index is 539. The third-order valence-corrected chi connectivity index (χ3v) is 4.65. The molecule has 0 bridgehead atoms. The van der Waals surface area contributed by atoms with Crippen LogP contribution in [0.25, 0.3) is 0 Å². The van der Waals surface area contributed by atoms with E-state index in [0.717, 1.165) is 24.8 Å². The largest absolute Gasteiger partial charge is 0.508 e. The van der Waals surface area contributed by atoms with E-state index in [0.29, 0.717) is 11.7 Å². The van der Waals surface area contributed by atoms with Gasteiger partial charge in [-0.25, -0.2) is 0 Å². The van der Waals surface area contributed by atoms with Gasteiger partial charge in [0.1, 0.15) is 5.75 Å². The van der Waals surface area contributed by atoms with Crippen molar-refractivity contribution < 1.29 is 5.11 Å². The lowest BCUT2D eigenvalue weighted by Crippen LogP contribution is -2.17. The fourth-order valence-corrected chi connectivity index (χ4v) is 3.34. The first-order valence-corrected chi connectivity index (χ1v) is 8.17. The number of phenolic OH excluding ortho intramolecular Hbond substituents is 1. The molecule has 1 aliphatic rings. The zero-order chi connectivity index (χ0) is 15.4. The maximum Gasteiger partial charge on any atom is 0.119 e. The molecule has 1 nitrogen and oxygen atoms in total. The van der Waals surface area contributed by atoms with E-state index < -0.39 is 0 Å². The first-order valence-electron chi connectivity index (χ1n) is 8.17. The van der Waals surface area contributed by atoms with Gasteiger partial charge < -0.3 is 5.11 Å². The lowest BCUT2D eigenvalue weighted by molar-refractivity contribution is 0.436. The van der Waals surface area contributed by atoms with Gasteiger partial charge in [0.25, 0.3) is 0 Å². The fourth-order valence-electron chi connectivity index (χ4n) is 3.34. The molecule has 0 saturated carbocycles. The van der Waals surface area contributed by atoms with Crippen LogP contribution in [-0.2, 0) is 6.42 Å². The monoisotopic (exact) mass is 284 g/mol. The summed E-state index contributed by atoms with van der Waals surface area (Å²) in [5.41, 5.74) is 4.94. The van der Waals surface area contributed by atoms with Gasteiger partial charge in [-0.15, -0.1) is 0 Å².